The number of rotatable bonds is 6. The first-order valence-electron chi connectivity index (χ1n) is 20.8. The monoisotopic (exact) mass is 795 g/mol. The largest absolute Gasteiger partial charge is 0.301 e. The Morgan fingerprint density at radius 2 is 1.03 bits per heavy atom. The molecular formula is C57H37N3S. The number of hydrogen-bond donors (Lipinski definition) is 0. The van der Waals surface area contributed by atoms with Crippen molar-refractivity contribution in [2.75, 3.05) is 0 Å². The van der Waals surface area contributed by atoms with Crippen molar-refractivity contribution in [2.24, 2.45) is 0 Å². The molecule has 0 unspecified atom stereocenters. The number of benzene rings is 8. The average molecular weight is 796 g/mol. The topological polar surface area (TPSA) is 30.7 Å². The SMILES string of the molecule is C1=C(c2cccc3ccccc23)c2sc3c(c2-c2ccccc2C1)c1ccccc1n3-c1ccc(-c2ccc(-c3cc(-c4ccccc4)nc(-c4ccccc4)n3)cc2)cc1. The van der Waals surface area contributed by atoms with Crippen molar-refractivity contribution in [1.29, 1.82) is 0 Å². The lowest BCUT2D eigenvalue weighted by atomic mass is 9.93. The van der Waals surface area contributed by atoms with E-state index in [1.807, 2.05) is 35.6 Å². The maximum absolute atomic E-state index is 5.05. The molecule has 0 spiro atoms. The lowest BCUT2D eigenvalue weighted by Gasteiger charge is -2.12. The number of thiophene rings is 1. The van der Waals surface area contributed by atoms with Crippen molar-refractivity contribution in [3.05, 3.63) is 228 Å². The minimum absolute atomic E-state index is 0.718. The van der Waals surface area contributed by atoms with Crippen molar-refractivity contribution < 1.29 is 0 Å². The second-order valence-corrected chi connectivity index (χ2v) is 16.7. The van der Waals surface area contributed by atoms with Gasteiger partial charge in [-0.3, -0.25) is 0 Å². The fraction of sp³-hybridized carbons (Fsp3) is 0.0175. The summed E-state index contributed by atoms with van der Waals surface area (Å²) >= 11 is 1.92. The van der Waals surface area contributed by atoms with E-state index in [0.29, 0.717) is 0 Å². The maximum Gasteiger partial charge on any atom is 0.160 e. The van der Waals surface area contributed by atoms with E-state index in [9.17, 15) is 0 Å². The smallest absolute Gasteiger partial charge is 0.160 e. The summed E-state index contributed by atoms with van der Waals surface area (Å²) < 4.78 is 2.48. The molecule has 0 atom stereocenters. The van der Waals surface area contributed by atoms with Crippen LogP contribution in [-0.4, -0.2) is 14.5 Å². The fourth-order valence-electron chi connectivity index (χ4n) is 9.16. The Bertz CT molecular complexity index is 3400. The zero-order chi connectivity index (χ0) is 40.3. The highest BCUT2D eigenvalue weighted by molar-refractivity contribution is 7.20. The van der Waals surface area contributed by atoms with Gasteiger partial charge >= 0.3 is 0 Å². The number of para-hydroxylation sites is 1. The summed E-state index contributed by atoms with van der Waals surface area (Å²) in [5.74, 6) is 0.718. The summed E-state index contributed by atoms with van der Waals surface area (Å²) in [6.07, 6.45) is 3.35. The third-order valence-electron chi connectivity index (χ3n) is 12.1. The van der Waals surface area contributed by atoms with Gasteiger partial charge in [-0.25, -0.2) is 9.97 Å². The number of hydrogen-bond acceptors (Lipinski definition) is 3. The van der Waals surface area contributed by atoms with Crippen molar-refractivity contribution >= 4 is 48.8 Å². The van der Waals surface area contributed by atoms with E-state index in [-0.39, 0.29) is 0 Å². The minimum Gasteiger partial charge on any atom is -0.301 e. The van der Waals surface area contributed by atoms with Crippen LogP contribution in [0.1, 0.15) is 16.0 Å². The summed E-state index contributed by atoms with van der Waals surface area (Å²) in [6, 6.07) is 73.9. The van der Waals surface area contributed by atoms with Crippen LogP contribution in [0.25, 0.3) is 99.3 Å². The Kier molecular flexibility index (Phi) is 8.43. The molecule has 1 aliphatic carbocycles. The Balaban J connectivity index is 0.951. The molecule has 61 heavy (non-hydrogen) atoms. The number of aromatic nitrogens is 3. The van der Waals surface area contributed by atoms with Crippen LogP contribution in [0.2, 0.25) is 0 Å². The quantitative estimate of drug-likeness (QED) is 0.168. The van der Waals surface area contributed by atoms with Crippen LogP contribution >= 0.6 is 11.3 Å². The van der Waals surface area contributed by atoms with Crippen LogP contribution in [0.3, 0.4) is 0 Å². The van der Waals surface area contributed by atoms with Gasteiger partial charge in [-0.2, -0.15) is 0 Å². The third-order valence-corrected chi connectivity index (χ3v) is 13.3. The Morgan fingerprint density at radius 1 is 0.459 bits per heavy atom. The molecule has 11 aromatic rings. The molecule has 8 aromatic carbocycles. The van der Waals surface area contributed by atoms with Crippen LogP contribution < -0.4 is 0 Å². The van der Waals surface area contributed by atoms with Gasteiger partial charge in [0, 0.05) is 43.6 Å². The van der Waals surface area contributed by atoms with E-state index in [4.69, 9.17) is 9.97 Å². The first-order chi connectivity index (χ1) is 30.2. The van der Waals surface area contributed by atoms with Gasteiger partial charge in [-0.05, 0) is 74.8 Å². The summed E-state index contributed by atoms with van der Waals surface area (Å²) in [6.45, 7) is 0. The molecule has 4 heteroatoms. The molecule has 12 rings (SSSR count). The zero-order valence-electron chi connectivity index (χ0n) is 33.2. The Labute approximate surface area is 358 Å². The average Bonchev–Trinajstić information content (AvgIpc) is 3.82. The van der Waals surface area contributed by atoms with Gasteiger partial charge in [0.05, 0.1) is 16.9 Å². The van der Waals surface area contributed by atoms with Gasteiger partial charge in [0.2, 0.25) is 0 Å². The number of allylic oxidation sites excluding steroid dienone is 1. The van der Waals surface area contributed by atoms with E-state index in [0.717, 1.165) is 57.1 Å². The van der Waals surface area contributed by atoms with E-state index >= 15 is 0 Å². The summed E-state index contributed by atoms with van der Waals surface area (Å²) in [4.78, 5) is 12.6. The molecule has 0 N–H and O–H groups in total. The predicted molar refractivity (Wildman–Crippen MR) is 256 cm³/mol. The first-order valence-corrected chi connectivity index (χ1v) is 21.6. The summed E-state index contributed by atoms with van der Waals surface area (Å²) in [5.41, 5.74) is 16.2. The molecular weight excluding hydrogens is 759 g/mol. The summed E-state index contributed by atoms with van der Waals surface area (Å²) in [7, 11) is 0. The van der Waals surface area contributed by atoms with E-state index in [1.54, 1.807) is 0 Å². The van der Waals surface area contributed by atoms with Crippen LogP contribution in [0.15, 0.2) is 212 Å². The molecule has 0 fully saturated rings. The molecule has 0 aliphatic heterocycles. The molecule has 0 saturated heterocycles. The fourth-order valence-corrected chi connectivity index (χ4v) is 10.6. The van der Waals surface area contributed by atoms with Gasteiger partial charge in [0.15, 0.2) is 5.82 Å². The molecule has 3 aromatic heterocycles. The van der Waals surface area contributed by atoms with Crippen LogP contribution in [-0.2, 0) is 6.42 Å². The standard InChI is InChI=1S/C57H37N3S/c1-3-16-41(17-4-1)50-36-51(59-56(58-50)43-18-5-2-6-19-43)42-28-26-37(27-29-42)38-30-33-44(34-31-38)60-52-25-12-11-23-49(52)54-53-46-22-10-8-15-40(46)32-35-48(55(53)61-57(54)60)47-24-13-20-39-14-7-9-21-45(39)47/h1-31,33-36H,32H2. The Hall–Kier alpha value is -7.66. The molecule has 3 heterocycles. The molecule has 0 saturated carbocycles. The maximum atomic E-state index is 5.05. The van der Waals surface area contributed by atoms with E-state index in [2.05, 4.69) is 193 Å². The second kappa shape index (κ2) is 14.6. The third kappa shape index (κ3) is 6.03. The molecule has 0 bridgehead atoms. The predicted octanol–water partition coefficient (Wildman–Crippen LogP) is 15.1. The highest BCUT2D eigenvalue weighted by Crippen LogP contribution is 2.51. The van der Waals surface area contributed by atoms with E-state index < -0.39 is 0 Å². The van der Waals surface area contributed by atoms with Gasteiger partial charge in [0.25, 0.3) is 0 Å². The van der Waals surface area contributed by atoms with Crippen LogP contribution in [0, 0.1) is 0 Å². The first kappa shape index (κ1) is 35.3. The number of nitrogens with zero attached hydrogens (tertiary/aromatic N) is 3. The van der Waals surface area contributed by atoms with Crippen LogP contribution in [0.5, 0.6) is 0 Å². The molecule has 3 nitrogen and oxygen atoms in total. The molecule has 1 aliphatic rings. The molecule has 0 amide bonds. The van der Waals surface area contributed by atoms with Crippen molar-refractivity contribution in [3.63, 3.8) is 0 Å². The van der Waals surface area contributed by atoms with Crippen LogP contribution in [0.4, 0.5) is 0 Å². The lowest BCUT2D eigenvalue weighted by Crippen LogP contribution is -1.95. The second-order valence-electron chi connectivity index (χ2n) is 15.7. The lowest BCUT2D eigenvalue weighted by molar-refractivity contribution is 1.18. The van der Waals surface area contributed by atoms with E-state index in [1.165, 1.54) is 64.6 Å². The minimum atomic E-state index is 0.718. The molecule has 0 radical (unpaired) electrons. The Morgan fingerprint density at radius 3 is 1.80 bits per heavy atom. The van der Waals surface area contributed by atoms with Crippen molar-refractivity contribution in [1.82, 2.24) is 14.5 Å². The van der Waals surface area contributed by atoms with Gasteiger partial charge in [-0.1, -0.05) is 188 Å². The van der Waals surface area contributed by atoms with Crippen molar-refractivity contribution in [2.45, 2.75) is 6.42 Å². The highest BCUT2D eigenvalue weighted by atomic mass is 32.1. The van der Waals surface area contributed by atoms with Gasteiger partial charge in [0.1, 0.15) is 4.83 Å². The van der Waals surface area contributed by atoms with Gasteiger partial charge in [-0.15, -0.1) is 11.3 Å². The van der Waals surface area contributed by atoms with Crippen molar-refractivity contribution in [3.8, 4) is 61.8 Å². The normalized spacial score (nSPS) is 12.3. The van der Waals surface area contributed by atoms with Gasteiger partial charge < -0.3 is 4.57 Å². The zero-order valence-corrected chi connectivity index (χ0v) is 34.0. The summed E-state index contributed by atoms with van der Waals surface area (Å²) in [5, 5.41) is 5.15. The number of fused-ring (bicyclic) bond motifs is 8. The highest BCUT2D eigenvalue weighted by Gasteiger charge is 2.28. The molecule has 286 valence electrons.